The standard InChI is InChI=1S/C33H27N3O6S2/c1-16-6-8-17(9-7-16)15-42-23-5-3-2-4-20(23)24-25-21-14-22(28(25)43-30-29(24)44-33(39)34-30)27-26(21)31(37)35(32(27)38)18-10-12-19(13-11-18)36(40)41/h2-13,21-22,24-28H,14-15H2,1H3,(H,34,39)/t21-,22-,24+,25+,26+,27+,28-/m1/s1. The number of nitrogens with one attached hydrogen (secondary N) is 1. The van der Waals surface area contributed by atoms with E-state index in [4.69, 9.17) is 4.74 Å². The summed E-state index contributed by atoms with van der Waals surface area (Å²) in [6.07, 6.45) is 0.769. The molecule has 8 rings (SSSR count). The van der Waals surface area contributed by atoms with Crippen LogP contribution in [0.15, 0.2) is 82.6 Å². The van der Waals surface area contributed by atoms with Crippen molar-refractivity contribution in [3.8, 4) is 5.75 Å². The maximum absolute atomic E-state index is 14.0. The number of nitrogens with zero attached hydrogens (tertiary/aromatic N) is 2. The van der Waals surface area contributed by atoms with Crippen molar-refractivity contribution in [1.82, 2.24) is 4.98 Å². The molecule has 2 amide bonds. The monoisotopic (exact) mass is 625 g/mol. The lowest BCUT2D eigenvalue weighted by Gasteiger charge is -2.43. The molecule has 2 aliphatic carbocycles. The maximum atomic E-state index is 14.0. The quantitative estimate of drug-likeness (QED) is 0.161. The molecule has 44 heavy (non-hydrogen) atoms. The maximum Gasteiger partial charge on any atom is 0.305 e. The minimum Gasteiger partial charge on any atom is -0.489 e. The second-order valence-electron chi connectivity index (χ2n) is 12.1. The zero-order valence-corrected chi connectivity index (χ0v) is 25.2. The van der Waals surface area contributed by atoms with Crippen molar-refractivity contribution in [3.63, 3.8) is 0 Å². The number of non-ortho nitro benzene ring substituents is 1. The molecule has 3 aromatic carbocycles. The summed E-state index contributed by atoms with van der Waals surface area (Å²) in [4.78, 5) is 56.4. The number of aromatic nitrogens is 1. The van der Waals surface area contributed by atoms with Gasteiger partial charge in [0.15, 0.2) is 0 Å². The first-order chi connectivity index (χ1) is 21.3. The number of H-pyrrole nitrogens is 1. The van der Waals surface area contributed by atoms with Gasteiger partial charge in [0.25, 0.3) is 5.69 Å². The predicted molar refractivity (Wildman–Crippen MR) is 166 cm³/mol. The number of hydrogen-bond acceptors (Lipinski definition) is 8. The molecular weight excluding hydrogens is 599 g/mol. The summed E-state index contributed by atoms with van der Waals surface area (Å²) >= 11 is 2.86. The number of thioether (sulfide) groups is 1. The van der Waals surface area contributed by atoms with Crippen molar-refractivity contribution < 1.29 is 19.2 Å². The van der Waals surface area contributed by atoms with Crippen molar-refractivity contribution in [1.29, 1.82) is 0 Å². The average Bonchev–Trinajstić information content (AvgIpc) is 3.76. The third-order valence-corrected chi connectivity index (χ3v) is 12.4. The highest BCUT2D eigenvalue weighted by Gasteiger charge is 2.69. The number of fused-ring (bicyclic) bond motifs is 9. The van der Waals surface area contributed by atoms with Crippen LogP contribution in [0.2, 0.25) is 0 Å². The second-order valence-corrected chi connectivity index (χ2v) is 14.3. The number of benzene rings is 3. The third-order valence-electron chi connectivity index (χ3n) is 9.81. The highest BCUT2D eigenvalue weighted by Crippen LogP contribution is 2.69. The Bertz CT molecular complexity index is 1880. The van der Waals surface area contributed by atoms with E-state index in [0.717, 1.165) is 33.2 Å². The van der Waals surface area contributed by atoms with Crippen LogP contribution in [-0.4, -0.2) is 27.0 Å². The van der Waals surface area contributed by atoms with Gasteiger partial charge in [-0.1, -0.05) is 59.4 Å². The van der Waals surface area contributed by atoms with E-state index >= 15 is 0 Å². The molecule has 1 saturated heterocycles. The molecule has 222 valence electrons. The average molecular weight is 626 g/mol. The molecule has 2 aliphatic heterocycles. The Hall–Kier alpha value is -4.22. The number of anilines is 1. The largest absolute Gasteiger partial charge is 0.489 e. The first-order valence-corrected chi connectivity index (χ1v) is 16.3. The first-order valence-electron chi connectivity index (χ1n) is 14.6. The summed E-state index contributed by atoms with van der Waals surface area (Å²) in [6, 6.07) is 21.8. The van der Waals surface area contributed by atoms with E-state index in [1.165, 1.54) is 46.1 Å². The van der Waals surface area contributed by atoms with Gasteiger partial charge < -0.3 is 9.72 Å². The highest BCUT2D eigenvalue weighted by atomic mass is 32.2. The molecule has 9 nitrogen and oxygen atoms in total. The van der Waals surface area contributed by atoms with Crippen LogP contribution in [0.4, 0.5) is 11.4 Å². The number of thiazole rings is 1. The molecule has 0 unspecified atom stereocenters. The van der Waals surface area contributed by atoms with Crippen molar-refractivity contribution in [3.05, 3.63) is 114 Å². The fraction of sp³-hybridized carbons (Fsp3) is 0.303. The van der Waals surface area contributed by atoms with Crippen molar-refractivity contribution in [2.75, 3.05) is 4.90 Å². The van der Waals surface area contributed by atoms with E-state index in [9.17, 15) is 24.5 Å². The summed E-state index contributed by atoms with van der Waals surface area (Å²) in [6.45, 7) is 2.45. The highest BCUT2D eigenvalue weighted by molar-refractivity contribution is 8.00. The lowest BCUT2D eigenvalue weighted by molar-refractivity contribution is -0.384. The van der Waals surface area contributed by atoms with Gasteiger partial charge in [-0.3, -0.25) is 29.4 Å². The van der Waals surface area contributed by atoms with E-state index in [0.29, 0.717) is 12.3 Å². The Morgan fingerprint density at radius 1 is 0.955 bits per heavy atom. The normalized spacial score (nSPS) is 28.1. The summed E-state index contributed by atoms with van der Waals surface area (Å²) in [5.74, 6) is -0.853. The number of ether oxygens (including phenoxy) is 1. The van der Waals surface area contributed by atoms with Gasteiger partial charge >= 0.3 is 4.87 Å². The van der Waals surface area contributed by atoms with Crippen LogP contribution < -0.4 is 14.5 Å². The minimum atomic E-state index is -0.500. The van der Waals surface area contributed by atoms with E-state index < -0.39 is 16.8 Å². The van der Waals surface area contributed by atoms with E-state index in [1.807, 2.05) is 25.1 Å². The zero-order chi connectivity index (χ0) is 30.3. The number of nitro benzene ring substituents is 1. The van der Waals surface area contributed by atoms with Gasteiger partial charge in [0.05, 0.1) is 27.5 Å². The number of aromatic amines is 1. The fourth-order valence-corrected chi connectivity index (χ4v) is 10.9. The number of imide groups is 1. The molecular formula is C33H27N3O6S2. The lowest BCUT2D eigenvalue weighted by Crippen LogP contribution is -2.42. The van der Waals surface area contributed by atoms with Crippen LogP contribution in [0, 0.1) is 46.6 Å². The Kier molecular flexibility index (Phi) is 6.32. The number of hydrogen-bond donors (Lipinski definition) is 1. The van der Waals surface area contributed by atoms with E-state index in [2.05, 4.69) is 35.3 Å². The minimum absolute atomic E-state index is 0.0285. The van der Waals surface area contributed by atoms with Gasteiger partial charge in [-0.25, -0.2) is 0 Å². The molecule has 1 N–H and O–H groups in total. The summed E-state index contributed by atoms with van der Waals surface area (Å²) in [7, 11) is 0. The van der Waals surface area contributed by atoms with Crippen LogP contribution in [0.1, 0.15) is 33.9 Å². The number of nitro groups is 1. The molecule has 2 bridgehead atoms. The van der Waals surface area contributed by atoms with Crippen molar-refractivity contribution in [2.24, 2.45) is 29.6 Å². The van der Waals surface area contributed by atoms with Crippen LogP contribution in [0.25, 0.3) is 0 Å². The van der Waals surface area contributed by atoms with Gasteiger partial charge in [-0.2, -0.15) is 0 Å². The Labute approximate surface area is 260 Å². The Balaban J connectivity index is 1.16. The third kappa shape index (κ3) is 4.09. The molecule has 11 heteroatoms. The molecule has 1 aromatic heterocycles. The molecule has 2 saturated carbocycles. The number of carbonyl (C=O) groups is 2. The molecule has 0 radical (unpaired) electrons. The van der Waals surface area contributed by atoms with Crippen LogP contribution in [0.3, 0.4) is 0 Å². The number of carbonyl (C=O) groups excluding carboxylic acids is 2. The first kappa shape index (κ1) is 27.3. The fourth-order valence-electron chi connectivity index (χ4n) is 8.06. The molecule has 3 fully saturated rings. The van der Waals surface area contributed by atoms with Gasteiger partial charge in [0.1, 0.15) is 12.4 Å². The molecule has 4 aromatic rings. The summed E-state index contributed by atoms with van der Waals surface area (Å²) in [5, 5.41) is 12.1. The number of aryl methyl sites for hydroxylation is 1. The second kappa shape index (κ2) is 10.2. The van der Waals surface area contributed by atoms with Crippen molar-refractivity contribution in [2.45, 2.75) is 36.1 Å². The number of para-hydroxylation sites is 1. The van der Waals surface area contributed by atoms with Gasteiger partial charge in [-0.15, -0.1) is 11.8 Å². The number of amides is 2. The molecule has 4 aliphatic rings. The SMILES string of the molecule is Cc1ccc(COc2ccccc2[C@@H]2c3sc(=O)[nH]c3S[C@@H]3[C@@H]4C[C@@H]([C@@H]5C(=O)N(c6ccc([N+](=O)[O-])cc6)C(=O)[C@@H]45)[C@@H]23)cc1. The van der Waals surface area contributed by atoms with Crippen molar-refractivity contribution >= 4 is 46.3 Å². The van der Waals surface area contributed by atoms with E-state index in [-0.39, 0.29) is 51.3 Å². The summed E-state index contributed by atoms with van der Waals surface area (Å²) < 4.78 is 6.43. The Morgan fingerprint density at radius 2 is 1.66 bits per heavy atom. The summed E-state index contributed by atoms with van der Waals surface area (Å²) in [5.41, 5.74) is 3.49. The van der Waals surface area contributed by atoms with Gasteiger partial charge in [0, 0.05) is 33.7 Å². The van der Waals surface area contributed by atoms with Crippen LogP contribution >= 0.6 is 23.1 Å². The molecule has 3 heterocycles. The van der Waals surface area contributed by atoms with Crippen LogP contribution in [0.5, 0.6) is 5.75 Å². The number of rotatable bonds is 6. The Morgan fingerprint density at radius 3 is 2.39 bits per heavy atom. The lowest BCUT2D eigenvalue weighted by atomic mass is 9.68. The van der Waals surface area contributed by atoms with E-state index in [1.54, 1.807) is 11.8 Å². The van der Waals surface area contributed by atoms with Crippen LogP contribution in [-0.2, 0) is 16.2 Å². The predicted octanol–water partition coefficient (Wildman–Crippen LogP) is 5.91. The molecule has 0 spiro atoms. The smallest absolute Gasteiger partial charge is 0.305 e. The van der Waals surface area contributed by atoms with Gasteiger partial charge in [0.2, 0.25) is 11.8 Å². The zero-order valence-electron chi connectivity index (χ0n) is 23.5. The van der Waals surface area contributed by atoms with Gasteiger partial charge in [-0.05, 0) is 54.9 Å². The topological polar surface area (TPSA) is 123 Å². The molecule has 7 atom stereocenters.